The van der Waals surface area contributed by atoms with Crippen LogP contribution in [0.1, 0.15) is 44.9 Å². The van der Waals surface area contributed by atoms with Gasteiger partial charge in [-0.25, -0.2) is 0 Å². The highest BCUT2D eigenvalue weighted by Crippen LogP contribution is 2.14. The van der Waals surface area contributed by atoms with Gasteiger partial charge in [0.2, 0.25) is 0 Å². The van der Waals surface area contributed by atoms with Crippen LogP contribution in [-0.4, -0.2) is 10.7 Å². The first-order valence-corrected chi connectivity index (χ1v) is 6.02. The maximum absolute atomic E-state index is 5.59. The van der Waals surface area contributed by atoms with Crippen LogP contribution in [0.2, 0.25) is 0 Å². The summed E-state index contributed by atoms with van der Waals surface area (Å²) in [6.45, 7) is 0. The largest absolute Gasteiger partial charge is 0.127 e. The Morgan fingerprint density at radius 3 is 1.75 bits per heavy atom. The van der Waals surface area contributed by atoms with E-state index in [2.05, 4.69) is 0 Å². The standard InChI is InChI=1S/C9H17Cl3/c10-8-6-4-2-1-3-5-7-9(11)12/h9H,1-8H2. The fraction of sp³-hybridized carbons (Fsp3) is 1.00. The van der Waals surface area contributed by atoms with Crippen LogP contribution >= 0.6 is 34.8 Å². The Labute approximate surface area is 90.6 Å². The summed E-state index contributed by atoms with van der Waals surface area (Å²) in [5, 5.41) is 0. The fourth-order valence-electron chi connectivity index (χ4n) is 1.10. The molecule has 0 aromatic heterocycles. The molecule has 0 fully saturated rings. The zero-order chi connectivity index (χ0) is 9.23. The minimum Gasteiger partial charge on any atom is -0.127 e. The highest BCUT2D eigenvalue weighted by molar-refractivity contribution is 6.44. The van der Waals surface area contributed by atoms with Gasteiger partial charge in [-0.2, -0.15) is 0 Å². The van der Waals surface area contributed by atoms with Crippen molar-refractivity contribution in [3.8, 4) is 0 Å². The van der Waals surface area contributed by atoms with Gasteiger partial charge in [0.25, 0.3) is 0 Å². The van der Waals surface area contributed by atoms with Crippen molar-refractivity contribution in [2.75, 3.05) is 5.88 Å². The number of halogens is 3. The normalized spacial score (nSPS) is 11.0. The van der Waals surface area contributed by atoms with Gasteiger partial charge in [-0.05, 0) is 12.8 Å². The molecule has 0 aromatic rings. The van der Waals surface area contributed by atoms with Gasteiger partial charge < -0.3 is 0 Å². The molecule has 0 N–H and O–H groups in total. The lowest BCUT2D eigenvalue weighted by atomic mass is 10.1. The first-order valence-electron chi connectivity index (χ1n) is 4.61. The molecule has 0 aliphatic heterocycles. The van der Waals surface area contributed by atoms with E-state index < -0.39 is 0 Å². The van der Waals surface area contributed by atoms with Crippen LogP contribution in [0.3, 0.4) is 0 Å². The number of alkyl halides is 3. The van der Waals surface area contributed by atoms with Crippen molar-refractivity contribution in [2.45, 2.75) is 49.8 Å². The molecule has 0 spiro atoms. The van der Waals surface area contributed by atoms with Gasteiger partial charge in [0.1, 0.15) is 4.84 Å². The van der Waals surface area contributed by atoms with Crippen LogP contribution in [0.5, 0.6) is 0 Å². The lowest BCUT2D eigenvalue weighted by Crippen LogP contribution is -1.87. The molecule has 0 saturated carbocycles. The number of rotatable bonds is 8. The van der Waals surface area contributed by atoms with Crippen LogP contribution in [0.4, 0.5) is 0 Å². The van der Waals surface area contributed by atoms with E-state index in [0.717, 1.165) is 25.1 Å². The zero-order valence-corrected chi connectivity index (χ0v) is 9.64. The Bertz CT molecular complexity index is 83.8. The maximum Gasteiger partial charge on any atom is 0.107 e. The Balaban J connectivity index is 2.82. The van der Waals surface area contributed by atoms with Gasteiger partial charge in [0.15, 0.2) is 0 Å². The lowest BCUT2D eigenvalue weighted by molar-refractivity contribution is 0.600. The van der Waals surface area contributed by atoms with E-state index in [4.69, 9.17) is 34.8 Å². The van der Waals surface area contributed by atoms with Gasteiger partial charge in [-0.15, -0.1) is 34.8 Å². The highest BCUT2D eigenvalue weighted by Gasteiger charge is 1.97. The summed E-state index contributed by atoms with van der Waals surface area (Å²) in [4.78, 5) is -0.173. The number of hydrogen-bond donors (Lipinski definition) is 0. The molecule has 0 aliphatic rings. The van der Waals surface area contributed by atoms with E-state index in [9.17, 15) is 0 Å². The Kier molecular flexibility index (Phi) is 10.7. The van der Waals surface area contributed by atoms with Crippen molar-refractivity contribution in [1.29, 1.82) is 0 Å². The summed E-state index contributed by atoms with van der Waals surface area (Å²) in [5.41, 5.74) is 0. The molecule has 3 heteroatoms. The van der Waals surface area contributed by atoms with Crippen molar-refractivity contribution in [3.63, 3.8) is 0 Å². The first-order chi connectivity index (χ1) is 5.77. The third-order valence-electron chi connectivity index (χ3n) is 1.81. The monoisotopic (exact) mass is 230 g/mol. The highest BCUT2D eigenvalue weighted by atomic mass is 35.5. The third-order valence-corrected chi connectivity index (χ3v) is 2.51. The molecule has 0 atom stereocenters. The predicted octanol–water partition coefficient (Wildman–Crippen LogP) is 4.76. The lowest BCUT2D eigenvalue weighted by Gasteiger charge is -2.01. The first kappa shape index (κ1) is 12.9. The van der Waals surface area contributed by atoms with E-state index in [1.165, 1.54) is 25.7 Å². The van der Waals surface area contributed by atoms with E-state index in [1.807, 2.05) is 0 Å². The molecule has 0 unspecified atom stereocenters. The van der Waals surface area contributed by atoms with Crippen molar-refractivity contribution in [2.24, 2.45) is 0 Å². The predicted molar refractivity (Wildman–Crippen MR) is 58.5 cm³/mol. The van der Waals surface area contributed by atoms with Gasteiger partial charge in [-0.3, -0.25) is 0 Å². The minimum atomic E-state index is -0.173. The maximum atomic E-state index is 5.59. The van der Waals surface area contributed by atoms with Crippen LogP contribution in [0.15, 0.2) is 0 Å². The molecule has 0 aliphatic carbocycles. The molecular weight excluding hydrogens is 214 g/mol. The van der Waals surface area contributed by atoms with Crippen LogP contribution in [-0.2, 0) is 0 Å². The molecule has 0 radical (unpaired) electrons. The van der Waals surface area contributed by atoms with Crippen molar-refractivity contribution < 1.29 is 0 Å². The van der Waals surface area contributed by atoms with Gasteiger partial charge >= 0.3 is 0 Å². The summed E-state index contributed by atoms with van der Waals surface area (Å²) in [7, 11) is 0. The van der Waals surface area contributed by atoms with Crippen molar-refractivity contribution in [1.82, 2.24) is 0 Å². The second kappa shape index (κ2) is 9.95. The second-order valence-corrected chi connectivity index (χ2v) is 4.65. The van der Waals surface area contributed by atoms with Crippen LogP contribution < -0.4 is 0 Å². The zero-order valence-electron chi connectivity index (χ0n) is 7.37. The Hall–Kier alpha value is 0.870. The quantitative estimate of drug-likeness (QED) is 0.417. The molecule has 0 rings (SSSR count). The third kappa shape index (κ3) is 10.9. The summed E-state index contributed by atoms with van der Waals surface area (Å²) >= 11 is 16.7. The molecule has 74 valence electrons. The molecule has 0 amide bonds. The Morgan fingerprint density at radius 1 is 0.750 bits per heavy atom. The van der Waals surface area contributed by atoms with E-state index in [-0.39, 0.29) is 4.84 Å². The topological polar surface area (TPSA) is 0 Å². The SMILES string of the molecule is ClCCCCCCCCC(Cl)Cl. The average Bonchev–Trinajstić information content (AvgIpc) is 2.02. The molecule has 0 saturated heterocycles. The number of hydrogen-bond acceptors (Lipinski definition) is 0. The summed E-state index contributed by atoms with van der Waals surface area (Å²) in [5.74, 6) is 0.797. The van der Waals surface area contributed by atoms with Gasteiger partial charge in [0.05, 0.1) is 0 Å². The molecule has 12 heavy (non-hydrogen) atoms. The summed E-state index contributed by atoms with van der Waals surface area (Å²) in [6.07, 6.45) is 8.32. The van der Waals surface area contributed by atoms with Crippen molar-refractivity contribution >= 4 is 34.8 Å². The summed E-state index contributed by atoms with van der Waals surface area (Å²) < 4.78 is 0. The van der Waals surface area contributed by atoms with Gasteiger partial charge in [-0.1, -0.05) is 32.1 Å². The molecule has 0 heterocycles. The molecule has 0 nitrogen and oxygen atoms in total. The van der Waals surface area contributed by atoms with Gasteiger partial charge in [0, 0.05) is 5.88 Å². The minimum absolute atomic E-state index is 0.173. The average molecular weight is 232 g/mol. The van der Waals surface area contributed by atoms with E-state index in [1.54, 1.807) is 0 Å². The van der Waals surface area contributed by atoms with E-state index in [0.29, 0.717) is 0 Å². The Morgan fingerprint density at radius 2 is 1.25 bits per heavy atom. The van der Waals surface area contributed by atoms with Crippen LogP contribution in [0.25, 0.3) is 0 Å². The number of unbranched alkanes of at least 4 members (excludes halogenated alkanes) is 5. The molecule has 0 aromatic carbocycles. The molecular formula is C9H17Cl3. The second-order valence-electron chi connectivity index (χ2n) is 2.99. The van der Waals surface area contributed by atoms with Crippen LogP contribution in [0, 0.1) is 0 Å². The molecule has 0 bridgehead atoms. The smallest absolute Gasteiger partial charge is 0.107 e. The fourth-order valence-corrected chi connectivity index (χ4v) is 1.60. The van der Waals surface area contributed by atoms with E-state index >= 15 is 0 Å². The summed E-state index contributed by atoms with van der Waals surface area (Å²) in [6, 6.07) is 0. The van der Waals surface area contributed by atoms with Crippen molar-refractivity contribution in [3.05, 3.63) is 0 Å².